The second-order valence-corrected chi connectivity index (χ2v) is 36.6. The van der Waals surface area contributed by atoms with Crippen molar-refractivity contribution in [1.29, 1.82) is 0 Å². The topological polar surface area (TPSA) is 237 Å². The van der Waals surface area contributed by atoms with Gasteiger partial charge in [-0.3, -0.25) is 37.3 Å². The third-order valence-corrected chi connectivity index (χ3v) is 23.4. The average Bonchev–Trinajstić information content (AvgIpc) is 0.898. The number of hydrogen-bond acceptors (Lipinski definition) is 15. The Hall–Kier alpha value is -1.94. The monoisotopic (exact) mass is 1610 g/mol. The second kappa shape index (κ2) is 82.2. The first-order valence-corrected chi connectivity index (χ1v) is 50.0. The molecule has 654 valence electrons. The lowest BCUT2D eigenvalue weighted by Crippen LogP contribution is -2.30. The van der Waals surface area contributed by atoms with E-state index in [0.717, 1.165) is 108 Å². The van der Waals surface area contributed by atoms with Crippen LogP contribution in [0.2, 0.25) is 0 Å². The maximum Gasteiger partial charge on any atom is 0.472 e. The van der Waals surface area contributed by atoms with E-state index in [0.29, 0.717) is 25.7 Å². The lowest BCUT2D eigenvalue weighted by Gasteiger charge is -2.21. The number of rotatable bonds is 90. The van der Waals surface area contributed by atoms with Gasteiger partial charge in [-0.15, -0.1) is 0 Å². The molecule has 0 rings (SSSR count). The molecule has 5 atom stereocenters. The molecule has 0 aliphatic carbocycles. The molecule has 0 radical (unpaired) electrons. The Balaban J connectivity index is 5.17. The first kappa shape index (κ1) is 108. The minimum absolute atomic E-state index is 0.108. The molecule has 0 amide bonds. The van der Waals surface area contributed by atoms with Gasteiger partial charge in [0.1, 0.15) is 19.3 Å². The summed E-state index contributed by atoms with van der Waals surface area (Å²) in [7, 11) is -9.93. The van der Waals surface area contributed by atoms with Crippen molar-refractivity contribution in [2.45, 2.75) is 509 Å². The maximum absolute atomic E-state index is 13.2. The Labute approximate surface area is 677 Å². The van der Waals surface area contributed by atoms with Crippen molar-refractivity contribution in [2.75, 3.05) is 39.6 Å². The first-order chi connectivity index (χ1) is 53.4. The average molecular weight is 1610 g/mol. The van der Waals surface area contributed by atoms with Crippen LogP contribution in [0.3, 0.4) is 0 Å². The molecular formula is C91H178O17P2. The predicted molar refractivity (Wildman–Crippen MR) is 455 cm³/mol. The van der Waals surface area contributed by atoms with Crippen molar-refractivity contribution in [3.63, 3.8) is 0 Å². The number of unbranched alkanes of at least 4 members (excludes halogenated alkanes) is 60. The number of phosphoric ester groups is 2. The zero-order valence-corrected chi connectivity index (χ0v) is 74.4. The van der Waals surface area contributed by atoms with Gasteiger partial charge in [0, 0.05) is 25.7 Å². The van der Waals surface area contributed by atoms with Crippen molar-refractivity contribution in [2.24, 2.45) is 11.8 Å². The minimum atomic E-state index is -4.97. The molecule has 0 aromatic rings. The molecule has 0 fully saturated rings. The van der Waals surface area contributed by atoms with Crippen molar-refractivity contribution in [3.8, 4) is 0 Å². The summed E-state index contributed by atoms with van der Waals surface area (Å²) in [5.74, 6) is -0.467. The van der Waals surface area contributed by atoms with Gasteiger partial charge in [0.05, 0.1) is 26.4 Å². The number of ether oxygens (including phenoxy) is 4. The molecule has 0 aliphatic rings. The van der Waals surface area contributed by atoms with E-state index in [1.807, 2.05) is 0 Å². The smallest absolute Gasteiger partial charge is 0.462 e. The van der Waals surface area contributed by atoms with Gasteiger partial charge in [-0.1, -0.05) is 440 Å². The van der Waals surface area contributed by atoms with Crippen molar-refractivity contribution in [1.82, 2.24) is 0 Å². The Morgan fingerprint density at radius 2 is 0.418 bits per heavy atom. The zero-order valence-electron chi connectivity index (χ0n) is 72.6. The number of aliphatic hydroxyl groups is 1. The standard InChI is InChI=1S/C91H178O17P2/c1-7-9-11-13-15-17-18-19-20-21-22-23-24-25-30-36-41-46-51-57-63-69-76-91(96)108-87(80-102-89(94)74-68-62-56-50-45-40-35-29-27-26-28-33-38-43-48-53-59-65-71-83(3)4)82-106-110(99,100)104-78-85(92)77-103-109(97,98)105-81-86(79-101-88(93)73-67-61-55-16-14-12-10-8-2)107-90(95)75-70-64-58-52-47-42-37-32-31-34-39-44-49-54-60-66-72-84(5)6/h83-87,92H,7-82H2,1-6H3,(H,97,98)(H,99,100)/t85-,86+,87+/m0/s1. The Kier molecular flexibility index (Phi) is 80.7. The molecule has 2 unspecified atom stereocenters. The van der Waals surface area contributed by atoms with Crippen LogP contribution in [0.25, 0.3) is 0 Å². The molecule has 0 spiro atoms. The fourth-order valence-corrected chi connectivity index (χ4v) is 15.9. The molecule has 0 aliphatic heterocycles. The third kappa shape index (κ3) is 84.0. The maximum atomic E-state index is 13.2. The number of esters is 4. The Bertz CT molecular complexity index is 2100. The Morgan fingerprint density at radius 1 is 0.245 bits per heavy atom. The SMILES string of the molecule is CCCCCCCCCCCCCCCCCCCCCCCCC(=O)O[C@H](COC(=O)CCCCCCCCCCCCCCCCCCCCC(C)C)COP(=O)(O)OC[C@@H](O)COP(=O)(O)OC[C@@H](COC(=O)CCCCCCCCCC)OC(=O)CCCCCCCCCCCCCCCCCCC(C)C. The van der Waals surface area contributed by atoms with E-state index in [1.165, 1.54) is 302 Å². The molecule has 19 heteroatoms. The number of carbonyl (C=O) groups excluding carboxylic acids is 4. The van der Waals surface area contributed by atoms with Crippen LogP contribution in [-0.4, -0.2) is 96.7 Å². The van der Waals surface area contributed by atoms with E-state index in [4.69, 9.17) is 37.0 Å². The molecule has 3 N–H and O–H groups in total. The van der Waals surface area contributed by atoms with Gasteiger partial charge in [-0.05, 0) is 37.5 Å². The molecular weight excluding hydrogens is 1430 g/mol. The molecule has 17 nitrogen and oxygen atoms in total. The summed E-state index contributed by atoms with van der Waals surface area (Å²) in [6.07, 6.45) is 76.7. The molecule has 0 heterocycles. The fourth-order valence-electron chi connectivity index (χ4n) is 14.3. The predicted octanol–water partition coefficient (Wildman–Crippen LogP) is 28.2. The second-order valence-electron chi connectivity index (χ2n) is 33.6. The van der Waals surface area contributed by atoms with Gasteiger partial charge in [0.2, 0.25) is 0 Å². The number of aliphatic hydroxyl groups excluding tert-OH is 1. The van der Waals surface area contributed by atoms with Crippen molar-refractivity contribution in [3.05, 3.63) is 0 Å². The zero-order chi connectivity index (χ0) is 80.6. The van der Waals surface area contributed by atoms with Crippen LogP contribution in [0, 0.1) is 11.8 Å². The minimum Gasteiger partial charge on any atom is -0.462 e. The summed E-state index contributed by atoms with van der Waals surface area (Å²) >= 11 is 0. The molecule has 0 bridgehead atoms. The quantitative estimate of drug-likeness (QED) is 0.0222. The van der Waals surface area contributed by atoms with Gasteiger partial charge in [-0.25, -0.2) is 9.13 Å². The van der Waals surface area contributed by atoms with Crippen LogP contribution in [0.4, 0.5) is 0 Å². The Morgan fingerprint density at radius 3 is 0.618 bits per heavy atom. The summed E-state index contributed by atoms with van der Waals surface area (Å²) in [4.78, 5) is 73.3. The van der Waals surface area contributed by atoms with Crippen LogP contribution < -0.4 is 0 Å². The van der Waals surface area contributed by atoms with Crippen molar-refractivity contribution >= 4 is 39.5 Å². The fraction of sp³-hybridized carbons (Fsp3) is 0.956. The van der Waals surface area contributed by atoms with Crippen LogP contribution in [0.15, 0.2) is 0 Å². The van der Waals surface area contributed by atoms with E-state index in [2.05, 4.69) is 41.5 Å². The third-order valence-electron chi connectivity index (χ3n) is 21.5. The van der Waals surface area contributed by atoms with E-state index in [9.17, 15) is 43.2 Å². The highest BCUT2D eigenvalue weighted by Crippen LogP contribution is 2.45. The largest absolute Gasteiger partial charge is 0.472 e. The molecule has 0 aromatic carbocycles. The van der Waals surface area contributed by atoms with Gasteiger partial charge >= 0.3 is 39.5 Å². The number of hydrogen-bond donors (Lipinski definition) is 3. The highest BCUT2D eigenvalue weighted by molar-refractivity contribution is 7.47. The van der Waals surface area contributed by atoms with Crippen LogP contribution in [-0.2, 0) is 65.4 Å². The van der Waals surface area contributed by atoms with Crippen molar-refractivity contribution < 1.29 is 80.2 Å². The number of carbonyl (C=O) groups is 4. The summed E-state index contributed by atoms with van der Waals surface area (Å²) in [6.45, 7) is 9.74. The van der Waals surface area contributed by atoms with E-state index >= 15 is 0 Å². The lowest BCUT2D eigenvalue weighted by molar-refractivity contribution is -0.161. The molecule has 110 heavy (non-hydrogen) atoms. The highest BCUT2D eigenvalue weighted by atomic mass is 31.2. The van der Waals surface area contributed by atoms with E-state index in [-0.39, 0.29) is 25.7 Å². The first-order valence-electron chi connectivity index (χ1n) is 47.0. The highest BCUT2D eigenvalue weighted by Gasteiger charge is 2.31. The van der Waals surface area contributed by atoms with Gasteiger partial charge in [0.25, 0.3) is 0 Å². The molecule has 0 aromatic heterocycles. The van der Waals surface area contributed by atoms with E-state index < -0.39 is 97.5 Å². The normalized spacial score (nSPS) is 13.7. The van der Waals surface area contributed by atoms with Gasteiger partial charge in [-0.2, -0.15) is 0 Å². The van der Waals surface area contributed by atoms with E-state index in [1.54, 1.807) is 0 Å². The lowest BCUT2D eigenvalue weighted by atomic mass is 10.0. The van der Waals surface area contributed by atoms with Gasteiger partial charge in [0.15, 0.2) is 12.2 Å². The summed E-state index contributed by atoms with van der Waals surface area (Å²) in [5.41, 5.74) is 0. The molecule has 0 saturated heterocycles. The van der Waals surface area contributed by atoms with Crippen LogP contribution >= 0.6 is 15.6 Å². The summed E-state index contributed by atoms with van der Waals surface area (Å²) in [6, 6.07) is 0. The number of phosphoric acid groups is 2. The summed E-state index contributed by atoms with van der Waals surface area (Å²) in [5, 5.41) is 10.7. The molecule has 0 saturated carbocycles. The van der Waals surface area contributed by atoms with Crippen LogP contribution in [0.1, 0.15) is 491 Å². The van der Waals surface area contributed by atoms with Crippen LogP contribution in [0.5, 0.6) is 0 Å². The summed E-state index contributed by atoms with van der Waals surface area (Å²) < 4.78 is 69.0. The van der Waals surface area contributed by atoms with Gasteiger partial charge < -0.3 is 33.8 Å².